The maximum atomic E-state index is 12.5. The first kappa shape index (κ1) is 13.3. The number of hydrogen-bond acceptors (Lipinski definition) is 1. The Morgan fingerprint density at radius 1 is 1.41 bits per heavy atom. The zero-order valence-corrected chi connectivity index (χ0v) is 9.67. The molecule has 0 spiro atoms. The maximum Gasteiger partial charge on any atom is 0.416 e. The highest BCUT2D eigenvalue weighted by Crippen LogP contribution is 2.27. The Bertz CT molecular complexity index is 478. The molecule has 0 unspecified atom stereocenters. The molecule has 2 nitrogen and oxygen atoms in total. The number of alkyl halides is 3. The van der Waals surface area contributed by atoms with E-state index in [1.807, 2.05) is 0 Å². The summed E-state index contributed by atoms with van der Waals surface area (Å²) in [4.78, 5) is 0. The molecule has 1 aromatic heterocycles. The average Bonchev–Trinajstić information content (AvgIpc) is 2.52. The number of halogens is 3. The summed E-state index contributed by atoms with van der Waals surface area (Å²) in [7, 11) is 0. The van der Waals surface area contributed by atoms with Crippen LogP contribution in [0.3, 0.4) is 0 Å². The van der Waals surface area contributed by atoms with Crippen molar-refractivity contribution in [3.8, 4) is 0 Å². The van der Waals surface area contributed by atoms with Crippen LogP contribution in [0.15, 0.2) is 36.9 Å². The monoisotopic (exact) mass is 242 g/mol. The first-order chi connectivity index (χ1) is 7.75. The molecule has 0 fully saturated rings. The van der Waals surface area contributed by atoms with E-state index in [9.17, 15) is 13.2 Å². The summed E-state index contributed by atoms with van der Waals surface area (Å²) in [5, 5.41) is 4.05. The maximum absolute atomic E-state index is 12.5. The Labute approximate surface area is 97.8 Å². The van der Waals surface area contributed by atoms with Crippen molar-refractivity contribution in [2.75, 3.05) is 0 Å². The lowest BCUT2D eigenvalue weighted by molar-refractivity contribution is -0.0881. The highest BCUT2D eigenvalue weighted by atomic mass is 19.4. The molecule has 0 saturated heterocycles. The van der Waals surface area contributed by atoms with Crippen LogP contribution in [0.1, 0.15) is 11.4 Å². The standard InChI is InChI=1S/C12H13F3N2/c1-5-11(12(13,14)15)7-10(4)17-9(3)6-8(2)16-17/h5-7H,1,4H2,2-3H3/b11-7+. The fraction of sp³-hybridized carbons (Fsp3) is 0.250. The predicted molar refractivity (Wildman–Crippen MR) is 61.4 cm³/mol. The third kappa shape index (κ3) is 3.09. The van der Waals surface area contributed by atoms with Gasteiger partial charge in [0.25, 0.3) is 0 Å². The first-order valence-electron chi connectivity index (χ1n) is 4.89. The summed E-state index contributed by atoms with van der Waals surface area (Å²) in [6.07, 6.45) is -2.75. The van der Waals surface area contributed by atoms with Crippen molar-refractivity contribution in [3.05, 3.63) is 48.3 Å². The van der Waals surface area contributed by atoms with Gasteiger partial charge >= 0.3 is 6.18 Å². The number of nitrogens with zero attached hydrogens (tertiary/aromatic N) is 2. The van der Waals surface area contributed by atoms with Crippen LogP contribution < -0.4 is 0 Å². The summed E-state index contributed by atoms with van der Waals surface area (Å²) >= 11 is 0. The van der Waals surface area contributed by atoms with Gasteiger partial charge < -0.3 is 0 Å². The van der Waals surface area contributed by atoms with E-state index < -0.39 is 11.7 Å². The molecule has 1 aromatic rings. The van der Waals surface area contributed by atoms with Crippen LogP contribution in [0.25, 0.3) is 5.70 Å². The minimum absolute atomic E-state index is 0.155. The molecule has 0 aromatic carbocycles. The molecule has 17 heavy (non-hydrogen) atoms. The van der Waals surface area contributed by atoms with E-state index in [1.165, 1.54) is 4.68 Å². The van der Waals surface area contributed by atoms with Crippen LogP contribution in [0.2, 0.25) is 0 Å². The molecule has 92 valence electrons. The summed E-state index contributed by atoms with van der Waals surface area (Å²) in [5.41, 5.74) is 0.774. The molecule has 1 rings (SSSR count). The van der Waals surface area contributed by atoms with E-state index in [2.05, 4.69) is 18.3 Å². The lowest BCUT2D eigenvalue weighted by Crippen LogP contribution is -2.11. The van der Waals surface area contributed by atoms with Gasteiger partial charge in [-0.05, 0) is 26.0 Å². The van der Waals surface area contributed by atoms with Crippen molar-refractivity contribution < 1.29 is 13.2 Å². The van der Waals surface area contributed by atoms with Gasteiger partial charge in [-0.3, -0.25) is 0 Å². The van der Waals surface area contributed by atoms with E-state index in [4.69, 9.17) is 0 Å². The second-order valence-electron chi connectivity index (χ2n) is 3.63. The summed E-state index contributed by atoms with van der Waals surface area (Å²) in [6.45, 7) is 10.2. The molecule has 0 radical (unpaired) electrons. The van der Waals surface area contributed by atoms with Crippen LogP contribution in [-0.4, -0.2) is 16.0 Å². The molecule has 0 aliphatic heterocycles. The van der Waals surface area contributed by atoms with E-state index in [0.717, 1.165) is 23.5 Å². The normalized spacial score (nSPS) is 12.6. The van der Waals surface area contributed by atoms with Crippen molar-refractivity contribution >= 4 is 5.70 Å². The molecule has 0 aliphatic rings. The smallest absolute Gasteiger partial charge is 0.238 e. The van der Waals surface area contributed by atoms with Crippen LogP contribution in [0.5, 0.6) is 0 Å². The highest BCUT2D eigenvalue weighted by molar-refractivity contribution is 5.57. The van der Waals surface area contributed by atoms with Gasteiger partial charge in [-0.1, -0.05) is 19.2 Å². The molecule has 0 saturated carbocycles. The Hall–Kier alpha value is -1.78. The fourth-order valence-corrected chi connectivity index (χ4v) is 1.42. The Balaban J connectivity index is 3.11. The number of rotatable bonds is 3. The predicted octanol–water partition coefficient (Wildman–Crippen LogP) is 3.65. The molecule has 0 aliphatic carbocycles. The topological polar surface area (TPSA) is 17.8 Å². The molecule has 1 heterocycles. The van der Waals surface area contributed by atoms with Gasteiger partial charge in [0.1, 0.15) is 0 Å². The lowest BCUT2D eigenvalue weighted by Gasteiger charge is -2.09. The van der Waals surface area contributed by atoms with Gasteiger partial charge in [0.2, 0.25) is 0 Å². The van der Waals surface area contributed by atoms with Gasteiger partial charge in [0, 0.05) is 5.69 Å². The van der Waals surface area contributed by atoms with Gasteiger partial charge in [0.15, 0.2) is 0 Å². The third-order valence-electron chi connectivity index (χ3n) is 2.15. The average molecular weight is 242 g/mol. The molecule has 0 atom stereocenters. The number of aryl methyl sites for hydroxylation is 2. The van der Waals surface area contributed by atoms with Crippen LogP contribution in [0.4, 0.5) is 13.2 Å². The molecule has 0 N–H and O–H groups in total. The molecule has 0 bridgehead atoms. The lowest BCUT2D eigenvalue weighted by atomic mass is 10.2. The zero-order valence-electron chi connectivity index (χ0n) is 9.67. The van der Waals surface area contributed by atoms with E-state index in [1.54, 1.807) is 19.9 Å². The number of hydrogen-bond donors (Lipinski definition) is 0. The fourth-order valence-electron chi connectivity index (χ4n) is 1.42. The quantitative estimate of drug-likeness (QED) is 0.740. The SMILES string of the molecule is C=C/C(=C\C(=C)n1nc(C)cc1C)C(F)(F)F. The van der Waals surface area contributed by atoms with Crippen molar-refractivity contribution in [3.63, 3.8) is 0 Å². The van der Waals surface area contributed by atoms with Crippen LogP contribution >= 0.6 is 0 Å². The van der Waals surface area contributed by atoms with Gasteiger partial charge in [-0.15, -0.1) is 0 Å². The Morgan fingerprint density at radius 3 is 2.35 bits per heavy atom. The second kappa shape index (κ2) is 4.61. The summed E-state index contributed by atoms with van der Waals surface area (Å²) in [5.74, 6) is 0. The molecule has 0 amide bonds. The largest absolute Gasteiger partial charge is 0.416 e. The van der Waals surface area contributed by atoms with E-state index >= 15 is 0 Å². The van der Waals surface area contributed by atoms with Crippen molar-refractivity contribution in [1.82, 2.24) is 9.78 Å². The number of allylic oxidation sites excluding steroid dienone is 4. The van der Waals surface area contributed by atoms with Gasteiger partial charge in [0.05, 0.1) is 17.0 Å². The van der Waals surface area contributed by atoms with Gasteiger partial charge in [-0.25, -0.2) is 4.68 Å². The van der Waals surface area contributed by atoms with Crippen molar-refractivity contribution in [2.45, 2.75) is 20.0 Å². The highest BCUT2D eigenvalue weighted by Gasteiger charge is 2.31. The second-order valence-corrected chi connectivity index (χ2v) is 3.63. The van der Waals surface area contributed by atoms with E-state index in [-0.39, 0.29) is 5.70 Å². The number of aromatic nitrogens is 2. The van der Waals surface area contributed by atoms with Crippen molar-refractivity contribution in [2.24, 2.45) is 0 Å². The summed E-state index contributed by atoms with van der Waals surface area (Å²) < 4.78 is 38.8. The molecular formula is C12H13F3N2. The molecular weight excluding hydrogens is 229 g/mol. The van der Waals surface area contributed by atoms with E-state index in [0.29, 0.717) is 0 Å². The molecule has 5 heteroatoms. The zero-order chi connectivity index (χ0) is 13.2. The van der Waals surface area contributed by atoms with Crippen molar-refractivity contribution in [1.29, 1.82) is 0 Å². The third-order valence-corrected chi connectivity index (χ3v) is 2.15. The summed E-state index contributed by atoms with van der Waals surface area (Å²) in [6, 6.07) is 1.76. The van der Waals surface area contributed by atoms with Crippen LogP contribution in [-0.2, 0) is 0 Å². The van der Waals surface area contributed by atoms with Gasteiger partial charge in [-0.2, -0.15) is 18.3 Å². The Kier molecular flexibility index (Phi) is 3.60. The van der Waals surface area contributed by atoms with Crippen LogP contribution in [0, 0.1) is 13.8 Å². The Morgan fingerprint density at radius 2 is 2.00 bits per heavy atom. The first-order valence-corrected chi connectivity index (χ1v) is 4.89. The minimum Gasteiger partial charge on any atom is -0.238 e. The minimum atomic E-state index is -4.43.